The molecule has 19 heavy (non-hydrogen) atoms. The molecule has 0 atom stereocenters. The van der Waals surface area contributed by atoms with Gasteiger partial charge in [0.15, 0.2) is 9.84 Å². The van der Waals surface area contributed by atoms with E-state index in [1.807, 2.05) is 25.1 Å². The maximum Gasteiger partial charge on any atom is 0.181 e. The molecule has 4 heteroatoms. The normalized spacial score (nSPS) is 24.3. The zero-order valence-corrected chi connectivity index (χ0v) is 12.2. The Hall–Kier alpha value is -1.03. The molecule has 1 spiro atoms. The molecule has 0 saturated heterocycles. The van der Waals surface area contributed by atoms with E-state index in [0.29, 0.717) is 10.6 Å². The van der Waals surface area contributed by atoms with Gasteiger partial charge in [0.05, 0.1) is 16.3 Å². The third kappa shape index (κ3) is 2.27. The first-order chi connectivity index (χ1) is 9.03. The molecule has 1 fully saturated rings. The molecule has 0 bridgehead atoms. The largest absolute Gasteiger partial charge is 0.383 e. The maximum atomic E-state index is 12.7. The minimum atomic E-state index is -3.18. The Morgan fingerprint density at radius 3 is 2.63 bits per heavy atom. The number of sulfone groups is 1. The van der Waals surface area contributed by atoms with Gasteiger partial charge in [-0.3, -0.25) is 0 Å². The van der Waals surface area contributed by atoms with E-state index in [9.17, 15) is 8.42 Å². The first-order valence-corrected chi connectivity index (χ1v) is 8.74. The Balaban J connectivity index is 2.06. The highest BCUT2D eigenvalue weighted by Gasteiger charge is 2.40. The molecule has 2 aliphatic rings. The number of rotatable bonds is 0. The summed E-state index contributed by atoms with van der Waals surface area (Å²) >= 11 is 0. The lowest BCUT2D eigenvalue weighted by Gasteiger charge is -2.35. The number of hydrogen-bond acceptors (Lipinski definition) is 3. The van der Waals surface area contributed by atoms with Crippen molar-refractivity contribution in [3.05, 3.63) is 23.8 Å². The van der Waals surface area contributed by atoms with Crippen molar-refractivity contribution in [1.29, 1.82) is 0 Å². The van der Waals surface area contributed by atoms with Crippen LogP contribution in [0, 0.1) is 12.3 Å². The lowest BCUT2D eigenvalue weighted by atomic mass is 9.75. The van der Waals surface area contributed by atoms with E-state index >= 15 is 0 Å². The Morgan fingerprint density at radius 1 is 1.16 bits per heavy atom. The van der Waals surface area contributed by atoms with E-state index in [1.165, 1.54) is 6.42 Å². The molecule has 0 aromatic heterocycles. The number of anilines is 1. The average molecular weight is 279 g/mol. The number of benzene rings is 1. The summed E-state index contributed by atoms with van der Waals surface area (Å²) in [5, 5.41) is 3.40. The molecule has 1 aromatic rings. The fourth-order valence-electron chi connectivity index (χ4n) is 3.64. The van der Waals surface area contributed by atoms with E-state index in [4.69, 9.17) is 0 Å². The zero-order valence-electron chi connectivity index (χ0n) is 11.4. The van der Waals surface area contributed by atoms with Crippen LogP contribution in [0.5, 0.6) is 0 Å². The van der Waals surface area contributed by atoms with Gasteiger partial charge in [-0.25, -0.2) is 8.42 Å². The molecule has 104 valence electrons. The Labute approximate surface area is 115 Å². The van der Waals surface area contributed by atoms with Gasteiger partial charge in [-0.15, -0.1) is 0 Å². The van der Waals surface area contributed by atoms with Gasteiger partial charge in [0.1, 0.15) is 0 Å². The van der Waals surface area contributed by atoms with Crippen molar-refractivity contribution in [3.8, 4) is 0 Å². The quantitative estimate of drug-likeness (QED) is 0.793. The van der Waals surface area contributed by atoms with Crippen molar-refractivity contribution >= 4 is 15.5 Å². The summed E-state index contributed by atoms with van der Waals surface area (Å²) in [6.45, 7) is 2.68. The van der Waals surface area contributed by atoms with Crippen LogP contribution in [0.3, 0.4) is 0 Å². The van der Waals surface area contributed by atoms with E-state index in [0.717, 1.165) is 43.5 Å². The minimum absolute atomic E-state index is 0.0530. The molecule has 1 aromatic carbocycles. The molecule has 1 aliphatic carbocycles. The summed E-state index contributed by atoms with van der Waals surface area (Å²) in [7, 11) is -3.18. The van der Waals surface area contributed by atoms with Crippen LogP contribution in [0.4, 0.5) is 5.69 Å². The van der Waals surface area contributed by atoms with Crippen LogP contribution < -0.4 is 5.32 Å². The van der Waals surface area contributed by atoms with Gasteiger partial charge in [-0.1, -0.05) is 31.4 Å². The minimum Gasteiger partial charge on any atom is -0.383 e. The molecule has 0 unspecified atom stereocenters. The van der Waals surface area contributed by atoms with E-state index in [1.54, 1.807) is 0 Å². The molecule has 1 heterocycles. The van der Waals surface area contributed by atoms with E-state index in [-0.39, 0.29) is 5.41 Å². The summed E-state index contributed by atoms with van der Waals surface area (Å²) in [6.07, 6.45) is 5.63. The smallest absolute Gasteiger partial charge is 0.181 e. The van der Waals surface area contributed by atoms with Crippen molar-refractivity contribution in [3.63, 3.8) is 0 Å². The van der Waals surface area contributed by atoms with Gasteiger partial charge in [0.2, 0.25) is 0 Å². The van der Waals surface area contributed by atoms with Crippen LogP contribution in [0.25, 0.3) is 0 Å². The van der Waals surface area contributed by atoms with Gasteiger partial charge in [-0.2, -0.15) is 0 Å². The van der Waals surface area contributed by atoms with Crippen LogP contribution >= 0.6 is 0 Å². The fourth-order valence-corrected chi connectivity index (χ4v) is 6.01. The van der Waals surface area contributed by atoms with Crippen molar-refractivity contribution in [2.45, 2.75) is 43.9 Å². The highest BCUT2D eigenvalue weighted by molar-refractivity contribution is 7.91. The second-order valence-corrected chi connectivity index (χ2v) is 8.05. The molecular formula is C15H21NO2S. The summed E-state index contributed by atoms with van der Waals surface area (Å²) in [4.78, 5) is 0.525. The topological polar surface area (TPSA) is 46.2 Å². The summed E-state index contributed by atoms with van der Waals surface area (Å²) in [5.74, 6) is 0.310. The predicted octanol–water partition coefficient (Wildman–Crippen LogP) is 3.14. The fraction of sp³-hybridized carbons (Fsp3) is 0.600. The lowest BCUT2D eigenvalue weighted by Crippen LogP contribution is -2.36. The van der Waals surface area contributed by atoms with Gasteiger partial charge < -0.3 is 5.32 Å². The maximum absolute atomic E-state index is 12.7. The Bertz CT molecular complexity index is 586. The zero-order chi connectivity index (χ0) is 13.5. The van der Waals surface area contributed by atoms with Crippen molar-refractivity contribution < 1.29 is 8.42 Å². The highest BCUT2D eigenvalue weighted by Crippen LogP contribution is 2.42. The van der Waals surface area contributed by atoms with Crippen LogP contribution in [0.2, 0.25) is 0 Å². The SMILES string of the molecule is Cc1cccc2c1S(=O)(=O)CC1(CCCCC1)CN2. The van der Waals surface area contributed by atoms with Crippen molar-refractivity contribution in [2.75, 3.05) is 17.6 Å². The van der Waals surface area contributed by atoms with Crippen molar-refractivity contribution in [1.82, 2.24) is 0 Å². The molecule has 1 saturated carbocycles. The van der Waals surface area contributed by atoms with Crippen LogP contribution in [-0.2, 0) is 9.84 Å². The van der Waals surface area contributed by atoms with Gasteiger partial charge in [-0.05, 0) is 31.4 Å². The van der Waals surface area contributed by atoms with Gasteiger partial charge in [0.25, 0.3) is 0 Å². The van der Waals surface area contributed by atoms with Gasteiger partial charge >= 0.3 is 0 Å². The molecule has 0 radical (unpaired) electrons. The second-order valence-electron chi connectivity index (χ2n) is 6.12. The number of nitrogens with one attached hydrogen (secondary N) is 1. The number of fused-ring (bicyclic) bond motifs is 1. The Morgan fingerprint density at radius 2 is 1.89 bits per heavy atom. The second kappa shape index (κ2) is 4.51. The third-order valence-corrected chi connectivity index (χ3v) is 6.74. The first-order valence-electron chi connectivity index (χ1n) is 7.09. The Kier molecular flexibility index (Phi) is 3.08. The molecule has 1 N–H and O–H groups in total. The average Bonchev–Trinajstić information content (AvgIpc) is 2.46. The molecule has 1 aliphatic heterocycles. The van der Waals surface area contributed by atoms with Crippen LogP contribution in [0.15, 0.2) is 23.1 Å². The summed E-state index contributed by atoms with van der Waals surface area (Å²) in [5.41, 5.74) is 1.60. The highest BCUT2D eigenvalue weighted by atomic mass is 32.2. The van der Waals surface area contributed by atoms with Crippen LogP contribution in [-0.4, -0.2) is 20.7 Å². The third-order valence-electron chi connectivity index (χ3n) is 4.59. The number of hydrogen-bond donors (Lipinski definition) is 1. The standard InChI is InChI=1S/C15H21NO2S/c1-12-6-5-7-13-14(12)19(17,18)11-15(10-16-13)8-3-2-4-9-15/h5-7,16H,2-4,8-11H2,1H3. The van der Waals surface area contributed by atoms with Crippen molar-refractivity contribution in [2.24, 2.45) is 5.41 Å². The first kappa shape index (κ1) is 13.0. The number of aryl methyl sites for hydroxylation is 1. The van der Waals surface area contributed by atoms with Gasteiger partial charge in [0, 0.05) is 12.0 Å². The monoisotopic (exact) mass is 279 g/mol. The van der Waals surface area contributed by atoms with E-state index in [2.05, 4.69) is 5.32 Å². The molecular weight excluding hydrogens is 258 g/mol. The van der Waals surface area contributed by atoms with E-state index < -0.39 is 9.84 Å². The lowest BCUT2D eigenvalue weighted by molar-refractivity contribution is 0.237. The predicted molar refractivity (Wildman–Crippen MR) is 77.2 cm³/mol. The summed E-state index contributed by atoms with van der Waals surface area (Å²) in [6, 6.07) is 5.70. The molecule has 3 rings (SSSR count). The summed E-state index contributed by atoms with van der Waals surface area (Å²) < 4.78 is 25.5. The molecule has 3 nitrogen and oxygen atoms in total. The molecule has 0 amide bonds. The van der Waals surface area contributed by atoms with Crippen LogP contribution in [0.1, 0.15) is 37.7 Å².